The van der Waals surface area contributed by atoms with Gasteiger partial charge in [0.25, 0.3) is 5.91 Å². The van der Waals surface area contributed by atoms with E-state index in [-0.39, 0.29) is 31.6 Å². The molecule has 1 aromatic rings. The van der Waals surface area contributed by atoms with Gasteiger partial charge in [0.05, 0.1) is 5.71 Å². The van der Waals surface area contributed by atoms with E-state index in [9.17, 15) is 27.9 Å². The fraction of sp³-hybridized carbons (Fsp3) is 0.467. The molecule has 1 saturated heterocycles. The van der Waals surface area contributed by atoms with Crippen LogP contribution in [0.2, 0.25) is 0 Å². The Kier molecular flexibility index (Phi) is 4.13. The third-order valence-electron chi connectivity index (χ3n) is 4.33. The summed E-state index contributed by atoms with van der Waals surface area (Å²) in [5, 5.41) is 13.5. The van der Waals surface area contributed by atoms with E-state index in [0.29, 0.717) is 10.7 Å². The molecular formula is C15H15F3N4O3. The number of amides is 2. The molecule has 25 heavy (non-hydrogen) atoms. The summed E-state index contributed by atoms with van der Waals surface area (Å²) in [6, 6.07) is 5.01. The maximum absolute atomic E-state index is 12.8. The molecule has 134 valence electrons. The van der Waals surface area contributed by atoms with Gasteiger partial charge < -0.3 is 10.0 Å². The maximum Gasteiger partial charge on any atom is 0.408 e. The van der Waals surface area contributed by atoms with Crippen molar-refractivity contribution in [2.75, 3.05) is 19.6 Å². The van der Waals surface area contributed by atoms with Gasteiger partial charge in [0.2, 0.25) is 0 Å². The van der Waals surface area contributed by atoms with Gasteiger partial charge in [0.15, 0.2) is 0 Å². The minimum absolute atomic E-state index is 0.00361. The van der Waals surface area contributed by atoms with Crippen molar-refractivity contribution in [3.63, 3.8) is 0 Å². The number of hydrazone groups is 1. The van der Waals surface area contributed by atoms with Crippen LogP contribution < -0.4 is 0 Å². The Morgan fingerprint density at radius 3 is 2.72 bits per heavy atom. The number of carbonyl (C=O) groups excluding carboxylic acids is 1. The van der Waals surface area contributed by atoms with Gasteiger partial charge in [-0.2, -0.15) is 18.3 Å². The van der Waals surface area contributed by atoms with Crippen molar-refractivity contribution in [2.45, 2.75) is 19.0 Å². The second kappa shape index (κ2) is 6.01. The molecule has 2 aliphatic rings. The molecule has 0 bridgehead atoms. The summed E-state index contributed by atoms with van der Waals surface area (Å²) in [5.74, 6) is -0.837. The largest absolute Gasteiger partial charge is 0.465 e. The second-order valence-electron chi connectivity index (χ2n) is 6.06. The molecule has 10 heteroatoms. The van der Waals surface area contributed by atoms with Gasteiger partial charge in [0, 0.05) is 37.8 Å². The molecule has 1 unspecified atom stereocenters. The van der Waals surface area contributed by atoms with Crippen LogP contribution in [0.4, 0.5) is 18.0 Å². The van der Waals surface area contributed by atoms with Crippen LogP contribution in [0, 0.1) is 5.41 Å². The van der Waals surface area contributed by atoms with Crippen molar-refractivity contribution >= 4 is 17.7 Å². The van der Waals surface area contributed by atoms with E-state index >= 15 is 0 Å². The van der Waals surface area contributed by atoms with Crippen molar-refractivity contribution in [1.82, 2.24) is 14.9 Å². The highest BCUT2D eigenvalue weighted by atomic mass is 19.4. The summed E-state index contributed by atoms with van der Waals surface area (Å²) < 4.78 is 38.2. The number of piperidine rings is 1. The van der Waals surface area contributed by atoms with Crippen LogP contribution >= 0.6 is 0 Å². The Labute approximate surface area is 140 Å². The first-order valence-electron chi connectivity index (χ1n) is 7.56. The lowest BCUT2D eigenvalue weighted by Crippen LogP contribution is -2.55. The van der Waals surface area contributed by atoms with E-state index in [1.165, 1.54) is 6.20 Å². The summed E-state index contributed by atoms with van der Waals surface area (Å²) >= 11 is 0. The molecule has 1 fully saturated rings. The zero-order valence-corrected chi connectivity index (χ0v) is 13.0. The van der Waals surface area contributed by atoms with Crippen molar-refractivity contribution in [3.8, 4) is 0 Å². The third kappa shape index (κ3) is 3.28. The number of carboxylic acid groups (broad SMARTS) is 1. The molecule has 0 aromatic carbocycles. The average molecular weight is 356 g/mol. The molecule has 0 radical (unpaired) electrons. The molecule has 1 atom stereocenters. The lowest BCUT2D eigenvalue weighted by atomic mass is 9.74. The lowest BCUT2D eigenvalue weighted by Gasteiger charge is -2.37. The van der Waals surface area contributed by atoms with E-state index in [1.54, 1.807) is 18.2 Å². The third-order valence-corrected chi connectivity index (χ3v) is 4.33. The zero-order chi connectivity index (χ0) is 18.2. The number of hydrogen-bond donors (Lipinski definition) is 1. The highest BCUT2D eigenvalue weighted by molar-refractivity contribution is 6.13. The highest BCUT2D eigenvalue weighted by Gasteiger charge is 2.56. The van der Waals surface area contributed by atoms with Gasteiger partial charge in [-0.3, -0.25) is 9.78 Å². The summed E-state index contributed by atoms with van der Waals surface area (Å²) in [4.78, 5) is 29.3. The zero-order valence-electron chi connectivity index (χ0n) is 13.0. The van der Waals surface area contributed by atoms with Crippen LogP contribution in [-0.2, 0) is 11.2 Å². The molecule has 0 saturated carbocycles. The minimum atomic E-state index is -4.59. The number of halogens is 3. The number of fused-ring (bicyclic) bond motifs is 1. The summed E-state index contributed by atoms with van der Waals surface area (Å²) in [5.41, 5.74) is -0.662. The van der Waals surface area contributed by atoms with Gasteiger partial charge >= 0.3 is 12.3 Å². The molecule has 0 aliphatic carbocycles. The summed E-state index contributed by atoms with van der Waals surface area (Å²) in [6.07, 6.45) is -4.19. The minimum Gasteiger partial charge on any atom is -0.465 e. The summed E-state index contributed by atoms with van der Waals surface area (Å²) in [6.45, 7) is -1.64. The van der Waals surface area contributed by atoms with Crippen LogP contribution in [0.15, 0.2) is 29.5 Å². The molecule has 7 nitrogen and oxygen atoms in total. The predicted molar refractivity (Wildman–Crippen MR) is 79.8 cm³/mol. The first-order valence-corrected chi connectivity index (χ1v) is 7.56. The van der Waals surface area contributed by atoms with Gasteiger partial charge in [-0.25, -0.2) is 9.80 Å². The molecule has 1 aromatic heterocycles. The quantitative estimate of drug-likeness (QED) is 0.894. The SMILES string of the molecule is O=C(O)N1CCC2=NN(CC(F)(F)F)C(=O)C2(Cc2ccccn2)C1. The van der Waals surface area contributed by atoms with Crippen LogP contribution in [0.3, 0.4) is 0 Å². The average Bonchev–Trinajstić information content (AvgIpc) is 2.79. The number of likely N-dealkylation sites (tertiary alicyclic amines) is 1. The molecule has 2 amide bonds. The van der Waals surface area contributed by atoms with Crippen molar-refractivity contribution in [1.29, 1.82) is 0 Å². The van der Waals surface area contributed by atoms with Gasteiger partial charge in [-0.15, -0.1) is 0 Å². The predicted octanol–water partition coefficient (Wildman–Crippen LogP) is 1.75. The number of carbonyl (C=O) groups is 2. The van der Waals surface area contributed by atoms with Crippen molar-refractivity contribution in [2.24, 2.45) is 10.5 Å². The normalized spacial score (nSPS) is 23.5. The smallest absolute Gasteiger partial charge is 0.408 e. The molecule has 3 rings (SSSR count). The van der Waals surface area contributed by atoms with Crippen LogP contribution in [-0.4, -0.2) is 63.5 Å². The topological polar surface area (TPSA) is 86.1 Å². The summed E-state index contributed by atoms with van der Waals surface area (Å²) in [7, 11) is 0. The Hall–Kier alpha value is -2.65. The van der Waals surface area contributed by atoms with E-state index in [2.05, 4.69) is 10.1 Å². The van der Waals surface area contributed by atoms with E-state index < -0.39 is 30.1 Å². The van der Waals surface area contributed by atoms with Crippen molar-refractivity contribution in [3.05, 3.63) is 30.1 Å². The Balaban J connectivity index is 1.96. The van der Waals surface area contributed by atoms with Gasteiger partial charge in [-0.1, -0.05) is 6.07 Å². The maximum atomic E-state index is 12.8. The Bertz CT molecular complexity index is 722. The molecular weight excluding hydrogens is 341 g/mol. The second-order valence-corrected chi connectivity index (χ2v) is 6.06. The van der Waals surface area contributed by atoms with Crippen LogP contribution in [0.5, 0.6) is 0 Å². The van der Waals surface area contributed by atoms with Crippen LogP contribution in [0.1, 0.15) is 12.1 Å². The Morgan fingerprint density at radius 1 is 1.36 bits per heavy atom. The first kappa shape index (κ1) is 17.2. The highest BCUT2D eigenvalue weighted by Crippen LogP contribution is 2.39. The number of pyridine rings is 1. The van der Waals surface area contributed by atoms with Crippen molar-refractivity contribution < 1.29 is 27.9 Å². The standard InChI is InChI=1S/C15H15F3N4O3/c16-15(17,18)9-22-12(23)14(7-10-3-1-2-5-19-10)8-21(13(24)25)6-4-11(14)20-22/h1-3,5H,4,6-9H2,(H,24,25). The van der Waals surface area contributed by atoms with E-state index in [1.807, 2.05) is 0 Å². The molecule has 2 aliphatic heterocycles. The molecule has 1 N–H and O–H groups in total. The lowest BCUT2D eigenvalue weighted by molar-refractivity contribution is -0.163. The van der Waals surface area contributed by atoms with Crippen LogP contribution in [0.25, 0.3) is 0 Å². The molecule has 3 heterocycles. The number of aromatic nitrogens is 1. The number of nitrogens with zero attached hydrogens (tertiary/aromatic N) is 4. The monoisotopic (exact) mass is 356 g/mol. The Morgan fingerprint density at radius 2 is 2.12 bits per heavy atom. The van der Waals surface area contributed by atoms with E-state index in [0.717, 1.165) is 4.90 Å². The fourth-order valence-corrected chi connectivity index (χ4v) is 3.24. The number of hydrogen-bond acceptors (Lipinski definition) is 4. The van der Waals surface area contributed by atoms with Gasteiger partial charge in [-0.05, 0) is 12.1 Å². The van der Waals surface area contributed by atoms with Gasteiger partial charge in [0.1, 0.15) is 12.0 Å². The number of rotatable bonds is 3. The fourth-order valence-electron chi connectivity index (χ4n) is 3.24. The van der Waals surface area contributed by atoms with E-state index in [4.69, 9.17) is 0 Å². The first-order chi connectivity index (χ1) is 11.7. The number of alkyl halides is 3. The molecule has 0 spiro atoms.